The van der Waals surface area contributed by atoms with Crippen LogP contribution in [0.25, 0.3) is 11.2 Å². The molecule has 2 aromatic heterocycles. The van der Waals surface area contributed by atoms with Crippen LogP contribution in [0.4, 0.5) is 0 Å². The maximum Gasteiger partial charge on any atom is 0.332 e. The molecule has 0 fully saturated rings. The lowest BCUT2D eigenvalue weighted by molar-refractivity contribution is 0.551. The summed E-state index contributed by atoms with van der Waals surface area (Å²) in [4.78, 5) is 29.3. The van der Waals surface area contributed by atoms with Gasteiger partial charge in [0.2, 0.25) is 0 Å². The fourth-order valence-electron chi connectivity index (χ4n) is 2.62. The van der Waals surface area contributed by atoms with E-state index in [1.165, 1.54) is 7.05 Å². The Balaban J connectivity index is 2.90. The lowest BCUT2D eigenvalue weighted by atomic mass is 10.3. The van der Waals surface area contributed by atoms with Gasteiger partial charge in [0.05, 0.1) is 0 Å². The van der Waals surface area contributed by atoms with Gasteiger partial charge in [-0.15, -0.1) is 0 Å². The van der Waals surface area contributed by atoms with Crippen molar-refractivity contribution in [3.8, 4) is 0 Å². The molecule has 21 heavy (non-hydrogen) atoms. The van der Waals surface area contributed by atoms with Gasteiger partial charge in [0.25, 0.3) is 5.56 Å². The first-order valence-electron chi connectivity index (χ1n) is 7.34. The molecule has 0 spiro atoms. The van der Waals surface area contributed by atoms with Crippen LogP contribution in [0.5, 0.6) is 0 Å². The van der Waals surface area contributed by atoms with Gasteiger partial charge in [0.1, 0.15) is 5.82 Å². The van der Waals surface area contributed by atoms with Gasteiger partial charge in [-0.3, -0.25) is 13.9 Å². The lowest BCUT2D eigenvalue weighted by Crippen LogP contribution is -2.39. The third-order valence-electron chi connectivity index (χ3n) is 3.69. The molecule has 2 N–H and O–H groups in total. The third kappa shape index (κ3) is 2.42. The molecule has 0 aliphatic rings. The van der Waals surface area contributed by atoms with Crippen LogP contribution in [-0.4, -0.2) is 25.2 Å². The molecule has 7 heteroatoms. The van der Waals surface area contributed by atoms with Crippen LogP contribution in [0.3, 0.4) is 0 Å². The van der Waals surface area contributed by atoms with Crippen molar-refractivity contribution in [1.82, 2.24) is 18.7 Å². The molecule has 0 atom stereocenters. The Morgan fingerprint density at radius 3 is 2.48 bits per heavy atom. The molecule has 2 heterocycles. The minimum atomic E-state index is -0.325. The summed E-state index contributed by atoms with van der Waals surface area (Å²) in [6.45, 7) is 7.01. The van der Waals surface area contributed by atoms with Crippen molar-refractivity contribution in [3.05, 3.63) is 26.7 Å². The van der Waals surface area contributed by atoms with Crippen molar-refractivity contribution < 1.29 is 0 Å². The molecule has 2 aromatic rings. The normalized spacial score (nSPS) is 11.7. The Morgan fingerprint density at radius 1 is 1.29 bits per heavy atom. The molecule has 0 saturated carbocycles. The summed E-state index contributed by atoms with van der Waals surface area (Å²) in [6, 6.07) is -0.0608. The summed E-state index contributed by atoms with van der Waals surface area (Å²) in [7, 11) is 1.51. The minimum Gasteiger partial charge on any atom is -0.330 e. The monoisotopic (exact) mass is 293 g/mol. The molecular weight excluding hydrogens is 270 g/mol. The van der Waals surface area contributed by atoms with Crippen molar-refractivity contribution >= 4 is 11.2 Å². The number of nitrogens with two attached hydrogens (primary N) is 1. The second-order valence-electron chi connectivity index (χ2n) is 5.45. The number of nitrogens with zero attached hydrogens (tertiary/aromatic N) is 4. The van der Waals surface area contributed by atoms with Crippen LogP contribution in [0.15, 0.2) is 9.59 Å². The highest BCUT2D eigenvalue weighted by Gasteiger charge is 2.20. The Bertz CT molecular complexity index is 766. The van der Waals surface area contributed by atoms with E-state index in [1.807, 2.05) is 25.3 Å². The second-order valence-corrected chi connectivity index (χ2v) is 5.45. The van der Waals surface area contributed by atoms with Crippen LogP contribution >= 0.6 is 0 Å². The Kier molecular flexibility index (Phi) is 4.32. The van der Waals surface area contributed by atoms with E-state index in [0.717, 1.165) is 16.8 Å². The maximum atomic E-state index is 12.5. The second kappa shape index (κ2) is 5.85. The van der Waals surface area contributed by atoms with Gasteiger partial charge < -0.3 is 10.3 Å². The lowest BCUT2D eigenvalue weighted by Gasteiger charge is -2.12. The summed E-state index contributed by atoms with van der Waals surface area (Å²) < 4.78 is 4.63. The fraction of sp³-hybridized carbons (Fsp3) is 0.643. The fourth-order valence-corrected chi connectivity index (χ4v) is 2.62. The smallest absolute Gasteiger partial charge is 0.330 e. The zero-order valence-electron chi connectivity index (χ0n) is 13.1. The number of imidazole rings is 1. The predicted molar refractivity (Wildman–Crippen MR) is 82.7 cm³/mol. The zero-order chi connectivity index (χ0) is 15.7. The summed E-state index contributed by atoms with van der Waals surface area (Å²) in [5.74, 6) is 0.815. The third-order valence-corrected chi connectivity index (χ3v) is 3.69. The van der Waals surface area contributed by atoms with Gasteiger partial charge in [-0.1, -0.05) is 0 Å². The standard InChI is InChI=1S/C14H23N5O2/c1-5-18-10(7-6-8-15)16-12-11(18)13(20)17(4)14(21)19(12)9(2)3/h9H,5-8,15H2,1-4H3. The number of fused-ring (bicyclic) bond motifs is 1. The quantitative estimate of drug-likeness (QED) is 0.863. The van der Waals surface area contributed by atoms with Crippen molar-refractivity contribution in [2.45, 2.75) is 46.2 Å². The maximum absolute atomic E-state index is 12.5. The highest BCUT2D eigenvalue weighted by atomic mass is 16.2. The van der Waals surface area contributed by atoms with Gasteiger partial charge in [0, 0.05) is 26.1 Å². The number of aromatic nitrogens is 4. The first-order chi connectivity index (χ1) is 9.93. The van der Waals surface area contributed by atoms with E-state index < -0.39 is 0 Å². The Labute approximate surface area is 123 Å². The SMILES string of the molecule is CCn1c(CCCN)nc2c1c(=O)n(C)c(=O)n2C(C)C. The van der Waals surface area contributed by atoms with E-state index in [2.05, 4.69) is 4.98 Å². The van der Waals surface area contributed by atoms with E-state index in [4.69, 9.17) is 5.73 Å². The predicted octanol–water partition coefficient (Wildman–Crippen LogP) is 0.389. The van der Waals surface area contributed by atoms with E-state index in [-0.39, 0.29) is 17.3 Å². The van der Waals surface area contributed by atoms with Crippen molar-refractivity contribution in [2.75, 3.05) is 6.54 Å². The molecule has 0 aliphatic heterocycles. The highest BCUT2D eigenvalue weighted by Crippen LogP contribution is 2.15. The van der Waals surface area contributed by atoms with Crippen LogP contribution in [0, 0.1) is 0 Å². The molecule has 0 saturated heterocycles. The largest absolute Gasteiger partial charge is 0.332 e. The summed E-state index contributed by atoms with van der Waals surface area (Å²) in [6.07, 6.45) is 1.50. The molecule has 0 unspecified atom stereocenters. The van der Waals surface area contributed by atoms with E-state index in [9.17, 15) is 9.59 Å². The number of hydrogen-bond acceptors (Lipinski definition) is 4. The molecule has 2 rings (SSSR count). The van der Waals surface area contributed by atoms with Gasteiger partial charge >= 0.3 is 5.69 Å². The number of aryl methyl sites for hydroxylation is 2. The molecule has 0 aromatic carbocycles. The number of hydrogen-bond donors (Lipinski definition) is 1. The zero-order valence-corrected chi connectivity index (χ0v) is 13.1. The van der Waals surface area contributed by atoms with Gasteiger partial charge in [-0.25, -0.2) is 9.78 Å². The molecule has 0 radical (unpaired) electrons. The summed E-state index contributed by atoms with van der Waals surface area (Å²) >= 11 is 0. The molecule has 0 aliphatic carbocycles. The van der Waals surface area contributed by atoms with E-state index in [0.29, 0.717) is 30.7 Å². The molecule has 0 amide bonds. The Hall–Kier alpha value is -1.89. The molecular formula is C14H23N5O2. The van der Waals surface area contributed by atoms with E-state index >= 15 is 0 Å². The van der Waals surface area contributed by atoms with Crippen molar-refractivity contribution in [3.63, 3.8) is 0 Å². The molecule has 7 nitrogen and oxygen atoms in total. The summed E-state index contributed by atoms with van der Waals surface area (Å²) in [5, 5.41) is 0. The van der Waals surface area contributed by atoms with Crippen LogP contribution in [0.2, 0.25) is 0 Å². The number of rotatable bonds is 5. The van der Waals surface area contributed by atoms with E-state index in [1.54, 1.807) is 4.57 Å². The average molecular weight is 293 g/mol. The summed E-state index contributed by atoms with van der Waals surface area (Å²) in [5.41, 5.74) is 5.92. The first-order valence-corrected chi connectivity index (χ1v) is 7.34. The average Bonchev–Trinajstić information content (AvgIpc) is 2.80. The van der Waals surface area contributed by atoms with Gasteiger partial charge in [0.15, 0.2) is 11.2 Å². The van der Waals surface area contributed by atoms with Crippen LogP contribution < -0.4 is 17.0 Å². The molecule has 116 valence electrons. The van der Waals surface area contributed by atoms with Crippen molar-refractivity contribution in [2.24, 2.45) is 12.8 Å². The van der Waals surface area contributed by atoms with Gasteiger partial charge in [-0.2, -0.15) is 0 Å². The molecule has 0 bridgehead atoms. The van der Waals surface area contributed by atoms with Crippen molar-refractivity contribution in [1.29, 1.82) is 0 Å². The highest BCUT2D eigenvalue weighted by molar-refractivity contribution is 5.71. The van der Waals surface area contributed by atoms with Crippen LogP contribution in [-0.2, 0) is 20.0 Å². The van der Waals surface area contributed by atoms with Gasteiger partial charge in [-0.05, 0) is 33.7 Å². The topological polar surface area (TPSA) is 87.8 Å². The van der Waals surface area contributed by atoms with Crippen LogP contribution in [0.1, 0.15) is 39.1 Å². The first kappa shape index (κ1) is 15.5. The Morgan fingerprint density at radius 2 is 1.95 bits per heavy atom. The minimum absolute atomic E-state index is 0.0608.